The van der Waals surface area contributed by atoms with E-state index in [2.05, 4.69) is 27.2 Å². The maximum atomic E-state index is 12.8. The maximum Gasteiger partial charge on any atom is 0.272 e. The van der Waals surface area contributed by atoms with Crippen LogP contribution in [0.25, 0.3) is 0 Å². The number of ether oxygens (including phenoxy) is 1. The molecule has 178 valence electrons. The lowest BCUT2D eigenvalue weighted by Gasteiger charge is -2.39. The van der Waals surface area contributed by atoms with Crippen LogP contribution in [-0.2, 0) is 0 Å². The minimum Gasteiger partial charge on any atom is -0.497 e. The van der Waals surface area contributed by atoms with Crippen molar-refractivity contribution in [3.8, 4) is 5.75 Å². The molecule has 2 heterocycles. The molecule has 1 aliphatic heterocycles. The molecule has 3 aromatic rings. The summed E-state index contributed by atoms with van der Waals surface area (Å²) in [5.41, 5.74) is 2.00. The largest absolute Gasteiger partial charge is 0.497 e. The molecule has 9 heteroatoms. The number of nitrogens with one attached hydrogen (secondary N) is 1. The van der Waals surface area contributed by atoms with E-state index in [0.29, 0.717) is 17.7 Å². The second-order valence-corrected chi connectivity index (χ2v) is 8.22. The van der Waals surface area contributed by atoms with E-state index < -0.39 is 4.92 Å². The third-order valence-electron chi connectivity index (χ3n) is 6.18. The summed E-state index contributed by atoms with van der Waals surface area (Å²) in [5, 5.41) is 14.0. The zero-order valence-corrected chi connectivity index (χ0v) is 19.3. The van der Waals surface area contributed by atoms with Crippen LogP contribution in [0.3, 0.4) is 0 Å². The molecule has 0 radical (unpaired) electrons. The van der Waals surface area contributed by atoms with Crippen molar-refractivity contribution in [2.75, 3.05) is 44.7 Å². The number of hydrogen-bond donors (Lipinski definition) is 1. The van der Waals surface area contributed by atoms with Gasteiger partial charge in [0.15, 0.2) is 0 Å². The van der Waals surface area contributed by atoms with Crippen LogP contribution < -0.4 is 15.0 Å². The van der Waals surface area contributed by atoms with Gasteiger partial charge in [-0.1, -0.05) is 0 Å². The fourth-order valence-electron chi connectivity index (χ4n) is 4.27. The van der Waals surface area contributed by atoms with Crippen LogP contribution in [0.5, 0.6) is 5.75 Å². The van der Waals surface area contributed by atoms with E-state index >= 15 is 0 Å². The normalized spacial score (nSPS) is 15.1. The van der Waals surface area contributed by atoms with Gasteiger partial charge in [-0.05, 0) is 55.5 Å². The smallest absolute Gasteiger partial charge is 0.272 e. The molecular weight excluding hydrogens is 436 g/mol. The Kier molecular flexibility index (Phi) is 7.12. The summed E-state index contributed by atoms with van der Waals surface area (Å²) >= 11 is 0. The third-order valence-corrected chi connectivity index (χ3v) is 6.18. The highest BCUT2D eigenvalue weighted by Crippen LogP contribution is 2.26. The van der Waals surface area contributed by atoms with Gasteiger partial charge in [-0.3, -0.25) is 19.8 Å². The van der Waals surface area contributed by atoms with Gasteiger partial charge in [-0.25, -0.2) is 0 Å². The van der Waals surface area contributed by atoms with Crippen molar-refractivity contribution in [2.24, 2.45) is 0 Å². The number of aryl methyl sites for hydroxylation is 1. The number of carbonyl (C=O) groups excluding carboxylic acids is 1. The van der Waals surface area contributed by atoms with E-state index in [9.17, 15) is 14.9 Å². The molecule has 1 aliphatic rings. The molecule has 1 N–H and O–H groups in total. The molecule has 1 saturated heterocycles. The Balaban J connectivity index is 1.40. The van der Waals surface area contributed by atoms with Gasteiger partial charge in [0.1, 0.15) is 11.5 Å². The predicted molar refractivity (Wildman–Crippen MR) is 128 cm³/mol. The quantitative estimate of drug-likeness (QED) is 0.400. The van der Waals surface area contributed by atoms with Gasteiger partial charge in [-0.15, -0.1) is 0 Å². The van der Waals surface area contributed by atoms with Crippen molar-refractivity contribution in [3.63, 3.8) is 0 Å². The van der Waals surface area contributed by atoms with Crippen LogP contribution >= 0.6 is 0 Å². The Hall–Kier alpha value is -3.85. The van der Waals surface area contributed by atoms with E-state index in [1.807, 2.05) is 24.3 Å². The first-order valence-corrected chi connectivity index (χ1v) is 11.2. The van der Waals surface area contributed by atoms with E-state index in [4.69, 9.17) is 9.15 Å². The number of carbonyl (C=O) groups is 1. The van der Waals surface area contributed by atoms with Crippen LogP contribution in [0, 0.1) is 17.0 Å². The first kappa shape index (κ1) is 23.3. The zero-order valence-electron chi connectivity index (χ0n) is 19.3. The number of nitrogens with zero attached hydrogens (tertiary/aromatic N) is 3. The molecule has 1 unspecified atom stereocenters. The third kappa shape index (κ3) is 5.20. The molecule has 2 aromatic carbocycles. The lowest BCUT2D eigenvalue weighted by molar-refractivity contribution is -0.385. The molecule has 1 fully saturated rings. The lowest BCUT2D eigenvalue weighted by Crippen LogP contribution is -2.49. The first-order chi connectivity index (χ1) is 16.5. The number of amides is 1. The standard InChI is InChI=1S/C25H28N4O5/c1-18-16-19(5-10-22(18)29(31)32)25(30)26-17-23(24-4-3-15-34-24)28-13-11-27(12-14-28)20-6-8-21(33-2)9-7-20/h3-10,15-16,23H,11-14,17H2,1-2H3,(H,26,30). The minimum absolute atomic E-state index is 0.000238. The summed E-state index contributed by atoms with van der Waals surface area (Å²) in [4.78, 5) is 28.0. The van der Waals surface area contributed by atoms with Gasteiger partial charge < -0.3 is 19.4 Å². The molecule has 4 rings (SSSR count). The predicted octanol–water partition coefficient (Wildman–Crippen LogP) is 3.80. The summed E-state index contributed by atoms with van der Waals surface area (Å²) in [6.07, 6.45) is 1.64. The van der Waals surface area contributed by atoms with E-state index in [-0.39, 0.29) is 17.6 Å². The summed E-state index contributed by atoms with van der Waals surface area (Å²) in [6.45, 7) is 5.31. The molecule has 9 nitrogen and oxygen atoms in total. The Morgan fingerprint density at radius 3 is 2.47 bits per heavy atom. The highest BCUT2D eigenvalue weighted by molar-refractivity contribution is 5.94. The van der Waals surface area contributed by atoms with E-state index in [1.54, 1.807) is 26.4 Å². The molecule has 1 aromatic heterocycles. The molecule has 1 atom stereocenters. The lowest BCUT2D eigenvalue weighted by atomic mass is 10.1. The number of hydrogen-bond acceptors (Lipinski definition) is 7. The van der Waals surface area contributed by atoms with Crippen molar-refractivity contribution in [1.29, 1.82) is 0 Å². The minimum atomic E-state index is -0.449. The molecule has 0 saturated carbocycles. The van der Waals surface area contributed by atoms with Gasteiger partial charge in [0.25, 0.3) is 11.6 Å². The maximum absolute atomic E-state index is 12.8. The number of benzene rings is 2. The van der Waals surface area contributed by atoms with Gasteiger partial charge in [0.2, 0.25) is 0 Å². The van der Waals surface area contributed by atoms with E-state index in [1.165, 1.54) is 12.1 Å². The highest BCUT2D eigenvalue weighted by atomic mass is 16.6. The molecule has 0 bridgehead atoms. The fraction of sp³-hybridized carbons (Fsp3) is 0.320. The highest BCUT2D eigenvalue weighted by Gasteiger charge is 2.28. The summed E-state index contributed by atoms with van der Waals surface area (Å²) in [5.74, 6) is 1.35. The Labute approximate surface area is 198 Å². The van der Waals surface area contributed by atoms with E-state index in [0.717, 1.165) is 43.4 Å². The van der Waals surface area contributed by atoms with Gasteiger partial charge >= 0.3 is 0 Å². The number of nitro benzene ring substituents is 1. The number of nitro groups is 1. The average Bonchev–Trinajstić information content (AvgIpc) is 3.39. The average molecular weight is 465 g/mol. The van der Waals surface area contributed by atoms with Crippen LogP contribution in [0.1, 0.15) is 27.7 Å². The topological polar surface area (TPSA) is 101 Å². The number of rotatable bonds is 8. The van der Waals surface area contributed by atoms with Gasteiger partial charge in [0.05, 0.1) is 24.3 Å². The Morgan fingerprint density at radius 1 is 1.15 bits per heavy atom. The molecule has 1 amide bonds. The zero-order chi connectivity index (χ0) is 24.1. The number of anilines is 1. The summed E-state index contributed by atoms with van der Waals surface area (Å²) in [7, 11) is 1.66. The van der Waals surface area contributed by atoms with Crippen molar-refractivity contribution in [3.05, 3.63) is 87.9 Å². The molecular formula is C25H28N4O5. The van der Waals surface area contributed by atoms with Crippen LogP contribution in [0.4, 0.5) is 11.4 Å². The monoisotopic (exact) mass is 464 g/mol. The van der Waals surface area contributed by atoms with Crippen LogP contribution in [0.15, 0.2) is 65.3 Å². The second-order valence-electron chi connectivity index (χ2n) is 8.22. The summed E-state index contributed by atoms with van der Waals surface area (Å²) < 4.78 is 10.9. The SMILES string of the molecule is COc1ccc(N2CCN(C(CNC(=O)c3ccc([N+](=O)[O-])c(C)c3)c3ccco3)CC2)cc1. The summed E-state index contributed by atoms with van der Waals surface area (Å²) in [6, 6.07) is 16.1. The molecule has 34 heavy (non-hydrogen) atoms. The molecule has 0 aliphatic carbocycles. The van der Waals surface area contributed by atoms with Crippen LogP contribution in [0.2, 0.25) is 0 Å². The number of piperazine rings is 1. The van der Waals surface area contributed by atoms with Crippen molar-refractivity contribution >= 4 is 17.3 Å². The Morgan fingerprint density at radius 2 is 1.88 bits per heavy atom. The fourth-order valence-corrected chi connectivity index (χ4v) is 4.27. The number of furan rings is 1. The second kappa shape index (κ2) is 10.4. The van der Waals surface area contributed by atoms with Gasteiger partial charge in [-0.2, -0.15) is 0 Å². The Bertz CT molecular complexity index is 1120. The number of methoxy groups -OCH3 is 1. The van der Waals surface area contributed by atoms with Crippen molar-refractivity contribution in [1.82, 2.24) is 10.2 Å². The van der Waals surface area contributed by atoms with Crippen molar-refractivity contribution < 1.29 is 18.9 Å². The molecule has 0 spiro atoms. The first-order valence-electron chi connectivity index (χ1n) is 11.2. The van der Waals surface area contributed by atoms with Crippen molar-refractivity contribution in [2.45, 2.75) is 13.0 Å². The van der Waals surface area contributed by atoms with Crippen LogP contribution in [-0.4, -0.2) is 55.6 Å². The van der Waals surface area contributed by atoms with Gasteiger partial charge in [0, 0.05) is 55.6 Å².